The van der Waals surface area contributed by atoms with Crippen molar-refractivity contribution in [1.29, 1.82) is 0 Å². The van der Waals surface area contributed by atoms with Gasteiger partial charge in [0.1, 0.15) is 18.1 Å². The number of unbranched alkanes of at least 4 members (excludes halogenated alkanes) is 1. The van der Waals surface area contributed by atoms with Crippen molar-refractivity contribution in [3.8, 4) is 12.3 Å². The SMILES string of the molecule is C#CCCCC(=O)N[C@@H](CC)C(=O)N[C@H](C(=O)N[C@@H](CC(C)C)C(=O)N[C@@H](CCC(=O)N(C)C)C(=O)COC(=O)c1c(C)cccc1C)C(C)(C)C. The number of aryl methyl sites for hydroxylation is 2. The van der Waals surface area contributed by atoms with Crippen LogP contribution in [0.5, 0.6) is 0 Å². The first-order valence-corrected chi connectivity index (χ1v) is 17.8. The van der Waals surface area contributed by atoms with E-state index in [0.717, 1.165) is 0 Å². The summed E-state index contributed by atoms with van der Waals surface area (Å²) >= 11 is 0. The summed E-state index contributed by atoms with van der Waals surface area (Å²) in [5.74, 6) is -1.39. The van der Waals surface area contributed by atoms with Crippen LogP contribution in [-0.2, 0) is 33.5 Å². The molecule has 0 saturated carbocycles. The minimum absolute atomic E-state index is 0.0710. The summed E-state index contributed by atoms with van der Waals surface area (Å²) in [5.41, 5.74) is 0.897. The molecule has 52 heavy (non-hydrogen) atoms. The Balaban J connectivity index is 3.22. The molecule has 0 aliphatic heterocycles. The summed E-state index contributed by atoms with van der Waals surface area (Å²) in [6, 6.07) is 0.983. The van der Waals surface area contributed by atoms with E-state index in [4.69, 9.17) is 11.2 Å². The number of carbonyl (C=O) groups excluding carboxylic acids is 7. The molecule has 13 heteroatoms. The first-order chi connectivity index (χ1) is 24.2. The number of esters is 1. The zero-order valence-electron chi connectivity index (χ0n) is 32.6. The number of hydrogen-bond acceptors (Lipinski definition) is 8. The summed E-state index contributed by atoms with van der Waals surface area (Å²) < 4.78 is 5.36. The molecule has 0 spiro atoms. The molecule has 0 fully saturated rings. The fourth-order valence-corrected chi connectivity index (χ4v) is 5.37. The molecular formula is C39H59N5O8. The highest BCUT2D eigenvalue weighted by Gasteiger charge is 2.37. The van der Waals surface area contributed by atoms with Crippen molar-refractivity contribution in [2.45, 2.75) is 125 Å². The van der Waals surface area contributed by atoms with Crippen molar-refractivity contribution in [1.82, 2.24) is 26.2 Å². The van der Waals surface area contributed by atoms with Gasteiger partial charge in [-0.15, -0.1) is 12.3 Å². The zero-order valence-corrected chi connectivity index (χ0v) is 32.6. The van der Waals surface area contributed by atoms with E-state index in [-0.39, 0.29) is 49.8 Å². The predicted octanol–water partition coefficient (Wildman–Crippen LogP) is 3.14. The average molecular weight is 726 g/mol. The second kappa shape index (κ2) is 21.6. The second-order valence-corrected chi connectivity index (χ2v) is 14.8. The summed E-state index contributed by atoms with van der Waals surface area (Å²) in [4.78, 5) is 93.5. The standard InChI is InChI=1S/C39H59N5O8/c1-12-14-15-19-31(46)40-27(13-2)35(48)43-34(39(7,8)9)37(50)42-29(22-24(3)4)36(49)41-28(20-21-32(47)44(10)11)30(45)23-52-38(51)33-25(5)17-16-18-26(33)6/h1,16-18,24,27-29,34H,13-15,19-23H2,2-11H3,(H,40,46)(H,41,49)(H,42,50)(H,43,48)/t27-,28-,29-,34+/m0/s1. The van der Waals surface area contributed by atoms with Gasteiger partial charge in [0.25, 0.3) is 0 Å². The van der Waals surface area contributed by atoms with E-state index in [2.05, 4.69) is 27.2 Å². The fourth-order valence-electron chi connectivity index (χ4n) is 5.37. The van der Waals surface area contributed by atoms with Crippen LogP contribution in [0.3, 0.4) is 0 Å². The third-order valence-corrected chi connectivity index (χ3v) is 8.42. The van der Waals surface area contributed by atoms with Crippen LogP contribution in [0, 0.1) is 37.5 Å². The van der Waals surface area contributed by atoms with Gasteiger partial charge in [0.2, 0.25) is 29.5 Å². The molecule has 0 bridgehead atoms. The number of rotatable bonds is 20. The molecule has 1 aromatic carbocycles. The lowest BCUT2D eigenvalue weighted by Crippen LogP contribution is -2.61. The molecule has 288 valence electrons. The first kappa shape index (κ1) is 45.3. The number of ether oxygens (including phenoxy) is 1. The van der Waals surface area contributed by atoms with Crippen molar-refractivity contribution < 1.29 is 38.3 Å². The minimum Gasteiger partial charge on any atom is -0.454 e. The van der Waals surface area contributed by atoms with E-state index in [1.54, 1.807) is 73.8 Å². The van der Waals surface area contributed by atoms with Gasteiger partial charge in [-0.05, 0) is 62.0 Å². The number of amides is 5. The normalized spacial score (nSPS) is 13.4. The van der Waals surface area contributed by atoms with Gasteiger partial charge in [0.05, 0.1) is 11.6 Å². The van der Waals surface area contributed by atoms with Crippen LogP contribution in [-0.4, -0.2) is 91.1 Å². The Bertz CT molecular complexity index is 1450. The van der Waals surface area contributed by atoms with Crippen LogP contribution in [0.1, 0.15) is 108 Å². The molecule has 13 nitrogen and oxygen atoms in total. The van der Waals surface area contributed by atoms with E-state index < -0.39 is 65.7 Å². The number of nitrogens with one attached hydrogen (secondary N) is 4. The number of nitrogens with zero attached hydrogens (tertiary/aromatic N) is 1. The van der Waals surface area contributed by atoms with Crippen LogP contribution in [0.2, 0.25) is 0 Å². The number of carbonyl (C=O) groups is 7. The average Bonchev–Trinajstić information content (AvgIpc) is 3.05. The fraction of sp³-hybridized carbons (Fsp3) is 0.615. The highest BCUT2D eigenvalue weighted by molar-refractivity contribution is 5.98. The van der Waals surface area contributed by atoms with Gasteiger partial charge in [-0.2, -0.15) is 0 Å². The summed E-state index contributed by atoms with van der Waals surface area (Å²) in [7, 11) is 3.14. The molecule has 0 heterocycles. The van der Waals surface area contributed by atoms with Crippen molar-refractivity contribution in [2.24, 2.45) is 11.3 Å². The molecule has 5 amide bonds. The van der Waals surface area contributed by atoms with Gasteiger partial charge in [0.15, 0.2) is 12.4 Å². The monoisotopic (exact) mass is 725 g/mol. The van der Waals surface area contributed by atoms with Gasteiger partial charge in [0, 0.05) is 33.4 Å². The van der Waals surface area contributed by atoms with Crippen LogP contribution < -0.4 is 21.3 Å². The summed E-state index contributed by atoms with van der Waals surface area (Å²) in [5, 5.41) is 10.9. The molecule has 1 rings (SSSR count). The molecule has 0 aromatic heterocycles. The Morgan fingerprint density at radius 3 is 1.94 bits per heavy atom. The zero-order chi connectivity index (χ0) is 39.8. The van der Waals surface area contributed by atoms with Gasteiger partial charge in [-0.25, -0.2) is 4.79 Å². The Kier molecular flexibility index (Phi) is 18.8. The van der Waals surface area contributed by atoms with E-state index in [1.165, 1.54) is 4.90 Å². The molecule has 0 aliphatic carbocycles. The third kappa shape index (κ3) is 15.3. The maximum atomic E-state index is 13.8. The van der Waals surface area contributed by atoms with Gasteiger partial charge >= 0.3 is 5.97 Å². The molecular weight excluding hydrogens is 666 g/mol. The quantitative estimate of drug-likeness (QED) is 0.0900. The van der Waals surface area contributed by atoms with Gasteiger partial charge in [-0.3, -0.25) is 28.8 Å². The molecule has 4 atom stereocenters. The maximum Gasteiger partial charge on any atom is 0.339 e. The topological polar surface area (TPSA) is 180 Å². The number of Topliss-reactive ketones (excluding diaryl/α,β-unsaturated/α-hetero) is 1. The van der Waals surface area contributed by atoms with Crippen LogP contribution in [0.15, 0.2) is 18.2 Å². The highest BCUT2D eigenvalue weighted by Crippen LogP contribution is 2.21. The molecule has 0 aliphatic rings. The lowest BCUT2D eigenvalue weighted by atomic mass is 9.85. The molecule has 0 saturated heterocycles. The van der Waals surface area contributed by atoms with E-state index in [0.29, 0.717) is 29.5 Å². The van der Waals surface area contributed by atoms with Gasteiger partial charge < -0.3 is 30.9 Å². The molecule has 1 aromatic rings. The Morgan fingerprint density at radius 1 is 0.846 bits per heavy atom. The lowest BCUT2D eigenvalue weighted by Gasteiger charge is -2.33. The number of benzene rings is 1. The maximum absolute atomic E-state index is 13.8. The summed E-state index contributed by atoms with van der Waals surface area (Å²) in [6.45, 7) is 13.6. The van der Waals surface area contributed by atoms with Crippen molar-refractivity contribution in [3.63, 3.8) is 0 Å². The van der Waals surface area contributed by atoms with Crippen LogP contribution >= 0.6 is 0 Å². The van der Waals surface area contributed by atoms with Crippen molar-refractivity contribution >= 4 is 41.3 Å². The highest BCUT2D eigenvalue weighted by atomic mass is 16.5. The summed E-state index contributed by atoms with van der Waals surface area (Å²) in [6.07, 6.45) is 6.63. The first-order valence-electron chi connectivity index (χ1n) is 17.8. The molecule has 0 unspecified atom stereocenters. The number of ketones is 1. The number of terminal acetylenes is 1. The van der Waals surface area contributed by atoms with Gasteiger partial charge in [-0.1, -0.05) is 59.7 Å². The molecule has 0 radical (unpaired) electrons. The van der Waals surface area contributed by atoms with Crippen LogP contribution in [0.4, 0.5) is 0 Å². The largest absolute Gasteiger partial charge is 0.454 e. The van der Waals surface area contributed by atoms with E-state index in [1.807, 2.05) is 13.8 Å². The second-order valence-electron chi connectivity index (χ2n) is 14.8. The Morgan fingerprint density at radius 2 is 1.42 bits per heavy atom. The Hall–Kier alpha value is -4.73. The predicted molar refractivity (Wildman–Crippen MR) is 199 cm³/mol. The van der Waals surface area contributed by atoms with Crippen molar-refractivity contribution in [2.75, 3.05) is 20.7 Å². The minimum atomic E-state index is -1.21. The van der Waals surface area contributed by atoms with E-state index in [9.17, 15) is 33.6 Å². The lowest BCUT2D eigenvalue weighted by molar-refractivity contribution is -0.136. The van der Waals surface area contributed by atoms with Crippen molar-refractivity contribution in [3.05, 3.63) is 34.9 Å². The Labute approximate surface area is 309 Å². The third-order valence-electron chi connectivity index (χ3n) is 8.42. The number of hydrogen-bond donors (Lipinski definition) is 4. The van der Waals surface area contributed by atoms with Crippen LogP contribution in [0.25, 0.3) is 0 Å². The smallest absolute Gasteiger partial charge is 0.339 e. The molecule has 4 N–H and O–H groups in total. The van der Waals surface area contributed by atoms with E-state index >= 15 is 0 Å².